The summed E-state index contributed by atoms with van der Waals surface area (Å²) in [5, 5.41) is 3.41. The summed E-state index contributed by atoms with van der Waals surface area (Å²) in [6, 6.07) is 8.36. The topological polar surface area (TPSA) is 24.5 Å². The second-order valence-electron chi connectivity index (χ2n) is 4.62. The molecular formula is C16H28N2O. The molecule has 0 spiro atoms. The van der Waals surface area contributed by atoms with Crippen molar-refractivity contribution in [2.24, 2.45) is 0 Å². The highest BCUT2D eigenvalue weighted by atomic mass is 16.5. The van der Waals surface area contributed by atoms with E-state index in [2.05, 4.69) is 55.3 Å². The fourth-order valence-electron chi connectivity index (χ4n) is 1.96. The van der Waals surface area contributed by atoms with Gasteiger partial charge in [0.2, 0.25) is 0 Å². The van der Waals surface area contributed by atoms with Crippen LogP contribution in [0.5, 0.6) is 5.75 Å². The minimum atomic E-state index is 0.726. The maximum atomic E-state index is 5.69. The lowest BCUT2D eigenvalue weighted by molar-refractivity contribution is 0.285. The second-order valence-corrected chi connectivity index (χ2v) is 4.62. The summed E-state index contributed by atoms with van der Waals surface area (Å²) in [5.41, 5.74) is 1.35. The lowest BCUT2D eigenvalue weighted by Crippen LogP contribution is -2.33. The first-order chi connectivity index (χ1) is 9.30. The van der Waals surface area contributed by atoms with Crippen molar-refractivity contribution in [1.29, 1.82) is 0 Å². The first-order valence-electron chi connectivity index (χ1n) is 7.44. The van der Waals surface area contributed by atoms with Crippen LogP contribution in [0.15, 0.2) is 24.3 Å². The van der Waals surface area contributed by atoms with E-state index in [0.717, 1.165) is 51.5 Å². The third-order valence-electron chi connectivity index (χ3n) is 3.38. The lowest BCUT2D eigenvalue weighted by Gasteiger charge is -2.18. The van der Waals surface area contributed by atoms with E-state index < -0.39 is 0 Å². The van der Waals surface area contributed by atoms with E-state index in [1.54, 1.807) is 0 Å². The molecule has 0 unspecified atom stereocenters. The Morgan fingerprint density at radius 3 is 2.26 bits per heavy atom. The van der Waals surface area contributed by atoms with Crippen molar-refractivity contribution in [2.45, 2.75) is 27.2 Å². The molecule has 0 saturated heterocycles. The molecule has 0 fully saturated rings. The minimum Gasteiger partial charge on any atom is -0.492 e. The number of ether oxygens (including phenoxy) is 1. The molecule has 0 aliphatic carbocycles. The van der Waals surface area contributed by atoms with Crippen LogP contribution in [0.25, 0.3) is 0 Å². The third-order valence-corrected chi connectivity index (χ3v) is 3.38. The molecular weight excluding hydrogens is 236 g/mol. The molecule has 1 N–H and O–H groups in total. The van der Waals surface area contributed by atoms with Gasteiger partial charge in [-0.25, -0.2) is 0 Å². The number of rotatable bonds is 10. The summed E-state index contributed by atoms with van der Waals surface area (Å²) < 4.78 is 5.69. The Balaban J connectivity index is 2.07. The molecule has 0 aromatic heterocycles. The van der Waals surface area contributed by atoms with Gasteiger partial charge in [0.25, 0.3) is 0 Å². The van der Waals surface area contributed by atoms with Gasteiger partial charge in [0.15, 0.2) is 0 Å². The standard InChI is InChI=1S/C16H28N2O/c1-4-15-7-9-16(10-8-15)19-14-12-17-11-13-18(5-2)6-3/h7-10,17H,4-6,11-14H2,1-3H3. The fraction of sp³-hybridized carbons (Fsp3) is 0.625. The summed E-state index contributed by atoms with van der Waals surface area (Å²) in [6.45, 7) is 12.6. The number of nitrogens with zero attached hydrogens (tertiary/aromatic N) is 1. The molecule has 0 radical (unpaired) electrons. The van der Waals surface area contributed by atoms with Gasteiger partial charge in [-0.05, 0) is 37.2 Å². The molecule has 1 rings (SSSR count). The van der Waals surface area contributed by atoms with Crippen LogP contribution in [0.2, 0.25) is 0 Å². The molecule has 0 aliphatic rings. The Morgan fingerprint density at radius 1 is 1.00 bits per heavy atom. The van der Waals surface area contributed by atoms with Gasteiger partial charge in [0.05, 0.1) is 0 Å². The lowest BCUT2D eigenvalue weighted by atomic mass is 10.2. The Kier molecular flexibility index (Phi) is 8.26. The predicted molar refractivity (Wildman–Crippen MR) is 82.0 cm³/mol. The van der Waals surface area contributed by atoms with Gasteiger partial charge in [-0.15, -0.1) is 0 Å². The van der Waals surface area contributed by atoms with E-state index in [1.165, 1.54) is 5.56 Å². The van der Waals surface area contributed by atoms with Crippen molar-refractivity contribution in [1.82, 2.24) is 10.2 Å². The molecule has 0 aliphatic heterocycles. The van der Waals surface area contributed by atoms with E-state index >= 15 is 0 Å². The van der Waals surface area contributed by atoms with Crippen molar-refractivity contribution < 1.29 is 4.74 Å². The van der Waals surface area contributed by atoms with E-state index in [0.29, 0.717) is 0 Å². The van der Waals surface area contributed by atoms with Crippen LogP contribution in [0.3, 0.4) is 0 Å². The van der Waals surface area contributed by atoms with Crippen molar-refractivity contribution in [3.63, 3.8) is 0 Å². The summed E-state index contributed by atoms with van der Waals surface area (Å²) in [4.78, 5) is 2.41. The second kappa shape index (κ2) is 9.82. The molecule has 0 atom stereocenters. The number of nitrogens with one attached hydrogen (secondary N) is 1. The molecule has 108 valence electrons. The first kappa shape index (κ1) is 16.0. The summed E-state index contributed by atoms with van der Waals surface area (Å²) in [6.07, 6.45) is 1.08. The number of aryl methyl sites for hydroxylation is 1. The smallest absolute Gasteiger partial charge is 0.119 e. The molecule has 0 saturated carbocycles. The van der Waals surface area contributed by atoms with E-state index in [9.17, 15) is 0 Å². The van der Waals surface area contributed by atoms with Crippen LogP contribution in [-0.2, 0) is 6.42 Å². The van der Waals surface area contributed by atoms with Crippen molar-refractivity contribution in [3.05, 3.63) is 29.8 Å². The summed E-state index contributed by atoms with van der Waals surface area (Å²) in [5.74, 6) is 0.961. The van der Waals surface area contributed by atoms with Gasteiger partial charge >= 0.3 is 0 Å². The van der Waals surface area contributed by atoms with Crippen LogP contribution in [0.1, 0.15) is 26.3 Å². The SMILES string of the molecule is CCc1ccc(OCCNCCN(CC)CC)cc1. The number of hydrogen-bond donors (Lipinski definition) is 1. The Labute approximate surface area is 118 Å². The van der Waals surface area contributed by atoms with Crippen LogP contribution in [-0.4, -0.2) is 44.2 Å². The average molecular weight is 264 g/mol. The van der Waals surface area contributed by atoms with Gasteiger partial charge in [-0.2, -0.15) is 0 Å². The van der Waals surface area contributed by atoms with Gasteiger partial charge in [0, 0.05) is 19.6 Å². The zero-order chi connectivity index (χ0) is 13.9. The maximum absolute atomic E-state index is 5.69. The van der Waals surface area contributed by atoms with E-state index in [4.69, 9.17) is 4.74 Å². The monoisotopic (exact) mass is 264 g/mol. The van der Waals surface area contributed by atoms with Gasteiger partial charge in [0.1, 0.15) is 12.4 Å². The van der Waals surface area contributed by atoms with Crippen LogP contribution in [0, 0.1) is 0 Å². The summed E-state index contributed by atoms with van der Waals surface area (Å²) >= 11 is 0. The Morgan fingerprint density at radius 2 is 1.68 bits per heavy atom. The molecule has 0 bridgehead atoms. The highest BCUT2D eigenvalue weighted by Crippen LogP contribution is 2.11. The normalized spacial score (nSPS) is 10.9. The van der Waals surface area contributed by atoms with Gasteiger partial charge < -0.3 is 15.0 Å². The Hall–Kier alpha value is -1.06. The van der Waals surface area contributed by atoms with Gasteiger partial charge in [-0.1, -0.05) is 32.9 Å². The molecule has 3 heteroatoms. The molecule has 0 heterocycles. The van der Waals surface area contributed by atoms with Crippen molar-refractivity contribution in [3.8, 4) is 5.75 Å². The predicted octanol–water partition coefficient (Wildman–Crippen LogP) is 2.56. The van der Waals surface area contributed by atoms with Crippen LogP contribution >= 0.6 is 0 Å². The maximum Gasteiger partial charge on any atom is 0.119 e. The number of likely N-dealkylation sites (N-methyl/N-ethyl adjacent to an activating group) is 1. The average Bonchev–Trinajstić information content (AvgIpc) is 2.47. The van der Waals surface area contributed by atoms with E-state index in [1.807, 2.05) is 0 Å². The molecule has 3 nitrogen and oxygen atoms in total. The van der Waals surface area contributed by atoms with Crippen LogP contribution in [0.4, 0.5) is 0 Å². The molecule has 1 aromatic rings. The van der Waals surface area contributed by atoms with Crippen molar-refractivity contribution >= 4 is 0 Å². The fourth-order valence-corrected chi connectivity index (χ4v) is 1.96. The zero-order valence-electron chi connectivity index (χ0n) is 12.6. The van der Waals surface area contributed by atoms with Crippen molar-refractivity contribution in [2.75, 3.05) is 39.3 Å². The number of hydrogen-bond acceptors (Lipinski definition) is 3. The largest absolute Gasteiger partial charge is 0.492 e. The molecule has 19 heavy (non-hydrogen) atoms. The molecule has 1 aromatic carbocycles. The third kappa shape index (κ3) is 6.60. The first-order valence-corrected chi connectivity index (χ1v) is 7.44. The summed E-state index contributed by atoms with van der Waals surface area (Å²) in [7, 11) is 0. The highest BCUT2D eigenvalue weighted by molar-refractivity contribution is 5.27. The minimum absolute atomic E-state index is 0.726. The molecule has 0 amide bonds. The van der Waals surface area contributed by atoms with Crippen LogP contribution < -0.4 is 10.1 Å². The van der Waals surface area contributed by atoms with E-state index in [-0.39, 0.29) is 0 Å². The Bertz CT molecular complexity index is 320. The quantitative estimate of drug-likeness (QED) is 0.657. The highest BCUT2D eigenvalue weighted by Gasteiger charge is 1.98. The number of benzene rings is 1. The van der Waals surface area contributed by atoms with Gasteiger partial charge in [-0.3, -0.25) is 0 Å². The zero-order valence-corrected chi connectivity index (χ0v) is 12.6.